The molecule has 1 fully saturated rings. The second kappa shape index (κ2) is 11.2. The number of oxime groups is 1. The van der Waals surface area contributed by atoms with Crippen molar-refractivity contribution in [1.29, 1.82) is 0 Å². The van der Waals surface area contributed by atoms with E-state index in [-0.39, 0.29) is 49.0 Å². The minimum atomic E-state index is -0.385. The number of nitrogens with two attached hydrogens (primary N) is 1. The van der Waals surface area contributed by atoms with Crippen LogP contribution in [0.3, 0.4) is 0 Å². The molecule has 3 N–H and O–H groups in total. The van der Waals surface area contributed by atoms with Crippen molar-refractivity contribution in [2.24, 2.45) is 10.9 Å². The van der Waals surface area contributed by atoms with Crippen LogP contribution in [0, 0.1) is 0 Å². The van der Waals surface area contributed by atoms with E-state index >= 15 is 0 Å². The van der Waals surface area contributed by atoms with Crippen molar-refractivity contribution in [2.45, 2.75) is 38.7 Å². The lowest BCUT2D eigenvalue weighted by molar-refractivity contribution is -0.152. The van der Waals surface area contributed by atoms with E-state index in [1.54, 1.807) is 36.1 Å². The van der Waals surface area contributed by atoms with Gasteiger partial charge < -0.3 is 25.3 Å². The highest BCUT2D eigenvalue weighted by Crippen LogP contribution is 2.16. The fourth-order valence-electron chi connectivity index (χ4n) is 3.07. The fraction of sp³-hybridized carbons (Fsp3) is 0.500. The number of carbonyl (C=O) groups excluding carboxylic acids is 3. The van der Waals surface area contributed by atoms with Crippen LogP contribution >= 0.6 is 0 Å². The third-order valence-electron chi connectivity index (χ3n) is 4.71. The second-order valence-corrected chi connectivity index (χ2v) is 6.68. The maximum Gasteiger partial charge on any atom is 0.332 e. The van der Waals surface area contributed by atoms with Gasteiger partial charge in [-0.05, 0) is 19.8 Å². The summed E-state index contributed by atoms with van der Waals surface area (Å²) in [4.78, 5) is 37.7. The number of hydrogen-bond donors (Lipinski definition) is 2. The Balaban J connectivity index is 1.73. The molecule has 1 saturated heterocycles. The molecule has 158 valence electrons. The van der Waals surface area contributed by atoms with Gasteiger partial charge in [-0.3, -0.25) is 9.59 Å². The molecular formula is C20H27N3O6. The Hall–Kier alpha value is -2.94. The molecule has 9 heteroatoms. The minimum absolute atomic E-state index is 0.0335. The molecule has 1 heterocycles. The van der Waals surface area contributed by atoms with Gasteiger partial charge in [0.1, 0.15) is 6.61 Å². The van der Waals surface area contributed by atoms with Crippen LogP contribution in [0.25, 0.3) is 0 Å². The predicted octanol–water partition coefficient (Wildman–Crippen LogP) is 1.31. The molecule has 1 aliphatic heterocycles. The lowest BCUT2D eigenvalue weighted by Gasteiger charge is -2.31. The number of benzene rings is 1. The number of nitrogens with zero attached hydrogens (tertiary/aromatic N) is 2. The minimum Gasteiger partial charge on any atom is -0.464 e. The first kappa shape index (κ1) is 22.4. The zero-order valence-electron chi connectivity index (χ0n) is 16.5. The number of ether oxygens (including phenoxy) is 2. The van der Waals surface area contributed by atoms with Gasteiger partial charge in [-0.15, -0.1) is 0 Å². The molecule has 0 bridgehead atoms. The van der Waals surface area contributed by atoms with Gasteiger partial charge in [0.15, 0.2) is 11.6 Å². The summed E-state index contributed by atoms with van der Waals surface area (Å²) in [6.07, 6.45) is 1.47. The first-order valence-electron chi connectivity index (χ1n) is 9.60. The zero-order valence-corrected chi connectivity index (χ0v) is 16.5. The van der Waals surface area contributed by atoms with Gasteiger partial charge in [0.2, 0.25) is 5.91 Å². The smallest absolute Gasteiger partial charge is 0.332 e. The van der Waals surface area contributed by atoms with Gasteiger partial charge in [0, 0.05) is 37.1 Å². The largest absolute Gasteiger partial charge is 0.464 e. The number of likely N-dealkylation sites (tertiary alicyclic amines) is 1. The number of esters is 1. The van der Waals surface area contributed by atoms with Crippen molar-refractivity contribution in [3.05, 3.63) is 35.4 Å². The van der Waals surface area contributed by atoms with Gasteiger partial charge >= 0.3 is 5.97 Å². The number of Topliss-reactive ketones (excluding diaryl/α,β-unsaturated/α-hetero) is 1. The molecular weight excluding hydrogens is 378 g/mol. The summed E-state index contributed by atoms with van der Waals surface area (Å²) in [5.74, 6) is -0.634. The van der Waals surface area contributed by atoms with E-state index in [1.807, 2.05) is 0 Å². The number of carbonyl (C=O) groups is 3. The van der Waals surface area contributed by atoms with Crippen LogP contribution in [0.5, 0.6) is 0 Å². The first-order chi connectivity index (χ1) is 13.9. The molecule has 0 radical (unpaired) electrons. The molecule has 2 rings (SSSR count). The summed E-state index contributed by atoms with van der Waals surface area (Å²) in [5, 5.41) is 11.6. The highest BCUT2D eigenvalue weighted by atomic mass is 16.6. The SMILES string of the molecule is CCOC(=O)COC1CCN(C(=O)CCC(=O)c2ccc(/C(N)=N/O)cc2)CC1. The van der Waals surface area contributed by atoms with Crippen LogP contribution in [0.1, 0.15) is 48.5 Å². The van der Waals surface area contributed by atoms with Crippen LogP contribution < -0.4 is 5.73 Å². The van der Waals surface area contributed by atoms with Crippen molar-refractivity contribution in [1.82, 2.24) is 4.90 Å². The number of amides is 1. The maximum atomic E-state index is 12.4. The van der Waals surface area contributed by atoms with E-state index in [2.05, 4.69) is 5.16 Å². The van der Waals surface area contributed by atoms with Crippen molar-refractivity contribution >= 4 is 23.5 Å². The van der Waals surface area contributed by atoms with Gasteiger partial charge in [-0.25, -0.2) is 4.79 Å². The lowest BCUT2D eigenvalue weighted by Crippen LogP contribution is -2.41. The Bertz CT molecular complexity index is 739. The van der Waals surface area contributed by atoms with Crippen LogP contribution in [-0.4, -0.2) is 66.0 Å². The quantitative estimate of drug-likeness (QED) is 0.158. The van der Waals surface area contributed by atoms with Crippen molar-refractivity contribution in [3.63, 3.8) is 0 Å². The molecule has 1 aromatic carbocycles. The Morgan fingerprint density at radius 1 is 1.14 bits per heavy atom. The lowest BCUT2D eigenvalue weighted by atomic mass is 10.0. The number of ketones is 1. The van der Waals surface area contributed by atoms with Gasteiger partial charge in [0.05, 0.1) is 12.7 Å². The van der Waals surface area contributed by atoms with Crippen molar-refractivity contribution in [3.8, 4) is 0 Å². The fourth-order valence-corrected chi connectivity index (χ4v) is 3.07. The van der Waals surface area contributed by atoms with Crippen molar-refractivity contribution < 1.29 is 29.1 Å². The van der Waals surface area contributed by atoms with Crippen LogP contribution in [0.4, 0.5) is 0 Å². The summed E-state index contributed by atoms with van der Waals surface area (Å²) >= 11 is 0. The van der Waals surface area contributed by atoms with Crippen LogP contribution in [0.15, 0.2) is 29.4 Å². The summed E-state index contributed by atoms with van der Waals surface area (Å²) in [7, 11) is 0. The highest BCUT2D eigenvalue weighted by molar-refractivity contribution is 6.00. The first-order valence-corrected chi connectivity index (χ1v) is 9.60. The van der Waals surface area contributed by atoms with Gasteiger partial charge in [-0.1, -0.05) is 29.4 Å². The normalized spacial score (nSPS) is 15.2. The standard InChI is InChI=1S/C20H27N3O6/c1-2-28-19(26)13-29-16-9-11-23(12-10-16)18(25)8-7-17(24)14-3-5-15(6-4-14)20(21)22-27/h3-6,16,27H,2,7-13H2,1H3,(H2,21,22). The molecule has 0 aliphatic carbocycles. The van der Waals surface area contributed by atoms with E-state index in [9.17, 15) is 14.4 Å². The predicted molar refractivity (Wildman–Crippen MR) is 105 cm³/mol. The third-order valence-corrected chi connectivity index (χ3v) is 4.71. The monoisotopic (exact) mass is 405 g/mol. The molecule has 1 amide bonds. The zero-order chi connectivity index (χ0) is 21.2. The molecule has 1 aliphatic rings. The summed E-state index contributed by atoms with van der Waals surface area (Å²) < 4.78 is 10.3. The molecule has 1 aromatic rings. The van der Waals surface area contributed by atoms with E-state index in [0.717, 1.165) is 0 Å². The Kier molecular flexibility index (Phi) is 8.60. The Morgan fingerprint density at radius 3 is 2.34 bits per heavy atom. The van der Waals surface area contributed by atoms with Crippen LogP contribution in [0.2, 0.25) is 0 Å². The molecule has 29 heavy (non-hydrogen) atoms. The molecule has 0 aromatic heterocycles. The van der Waals surface area contributed by atoms with Gasteiger partial charge in [-0.2, -0.15) is 0 Å². The Morgan fingerprint density at radius 2 is 1.76 bits per heavy atom. The number of piperidine rings is 1. The molecule has 0 spiro atoms. The highest BCUT2D eigenvalue weighted by Gasteiger charge is 2.24. The van der Waals surface area contributed by atoms with E-state index in [4.69, 9.17) is 20.4 Å². The summed E-state index contributed by atoms with van der Waals surface area (Å²) in [6, 6.07) is 6.36. The Labute approximate surface area is 169 Å². The summed E-state index contributed by atoms with van der Waals surface area (Å²) in [6.45, 7) is 3.06. The van der Waals surface area contributed by atoms with Crippen LogP contribution in [-0.2, 0) is 19.1 Å². The van der Waals surface area contributed by atoms with Crippen molar-refractivity contribution in [2.75, 3.05) is 26.3 Å². The number of amidine groups is 1. The maximum absolute atomic E-state index is 12.4. The van der Waals surface area contributed by atoms with Gasteiger partial charge in [0.25, 0.3) is 0 Å². The second-order valence-electron chi connectivity index (χ2n) is 6.68. The average molecular weight is 405 g/mol. The molecule has 9 nitrogen and oxygen atoms in total. The summed E-state index contributed by atoms with van der Waals surface area (Å²) in [5.41, 5.74) is 6.47. The molecule has 0 saturated carbocycles. The number of rotatable bonds is 9. The van der Waals surface area contributed by atoms with E-state index in [1.165, 1.54) is 0 Å². The van der Waals surface area contributed by atoms with E-state index in [0.29, 0.717) is 43.7 Å². The van der Waals surface area contributed by atoms with E-state index < -0.39 is 0 Å². The average Bonchev–Trinajstić information content (AvgIpc) is 2.76. The third kappa shape index (κ3) is 6.86. The molecule has 0 unspecified atom stereocenters. The topological polar surface area (TPSA) is 132 Å². The number of hydrogen-bond acceptors (Lipinski definition) is 7. The molecule has 0 atom stereocenters.